The first-order chi connectivity index (χ1) is 8.04. The maximum Gasteiger partial charge on any atom is 0.0960 e. The summed E-state index contributed by atoms with van der Waals surface area (Å²) in [6, 6.07) is 6.60. The summed E-state index contributed by atoms with van der Waals surface area (Å²) >= 11 is 1.83. The molecule has 0 aliphatic carbocycles. The maximum atomic E-state index is 4.35. The lowest BCUT2D eigenvalue weighted by Gasteiger charge is -2.31. The van der Waals surface area contributed by atoms with E-state index in [9.17, 15) is 0 Å². The van der Waals surface area contributed by atoms with Gasteiger partial charge in [0.25, 0.3) is 0 Å². The van der Waals surface area contributed by atoms with E-state index in [4.69, 9.17) is 0 Å². The Hall–Kier alpha value is -0.540. The highest BCUT2D eigenvalue weighted by Crippen LogP contribution is 2.25. The van der Waals surface area contributed by atoms with Crippen LogP contribution in [0.1, 0.15) is 34.1 Å². The van der Waals surface area contributed by atoms with Gasteiger partial charge in [-0.15, -0.1) is 11.8 Å². The zero-order valence-corrected chi connectivity index (χ0v) is 12.2. The zero-order valence-electron chi connectivity index (χ0n) is 11.4. The van der Waals surface area contributed by atoms with Crippen LogP contribution in [0.5, 0.6) is 0 Å². The van der Waals surface area contributed by atoms with Crippen LogP contribution in [0, 0.1) is 5.41 Å². The molecule has 1 heterocycles. The van der Waals surface area contributed by atoms with Gasteiger partial charge in [-0.3, -0.25) is 0 Å². The van der Waals surface area contributed by atoms with E-state index >= 15 is 0 Å². The molecule has 0 radical (unpaired) electrons. The molecular weight excluding hydrogens is 228 g/mol. The predicted octanol–water partition coefficient (Wildman–Crippen LogP) is 3.59. The van der Waals surface area contributed by atoms with Crippen molar-refractivity contribution >= 4 is 11.8 Å². The molecule has 0 fully saturated rings. The second kappa shape index (κ2) is 7.02. The van der Waals surface area contributed by atoms with Gasteiger partial charge in [0, 0.05) is 18.0 Å². The second-order valence-electron chi connectivity index (χ2n) is 5.35. The summed E-state index contributed by atoms with van der Waals surface area (Å²) in [4.78, 5) is 4.35. The SMILES string of the molecule is CCCNC(CSc1ccccn1)C(C)(C)C. The van der Waals surface area contributed by atoms with Crippen LogP contribution in [0.4, 0.5) is 0 Å². The molecule has 1 N–H and O–H groups in total. The Morgan fingerprint density at radius 2 is 2.12 bits per heavy atom. The van der Waals surface area contributed by atoms with Crippen LogP contribution in [-0.2, 0) is 0 Å². The molecule has 0 aliphatic rings. The molecule has 0 spiro atoms. The molecule has 96 valence electrons. The van der Waals surface area contributed by atoms with E-state index in [1.54, 1.807) is 0 Å². The Bertz CT molecular complexity index is 306. The van der Waals surface area contributed by atoms with E-state index in [0.29, 0.717) is 6.04 Å². The topological polar surface area (TPSA) is 24.9 Å². The Balaban J connectivity index is 2.49. The van der Waals surface area contributed by atoms with Crippen molar-refractivity contribution in [2.45, 2.75) is 45.2 Å². The van der Waals surface area contributed by atoms with Crippen molar-refractivity contribution in [3.05, 3.63) is 24.4 Å². The summed E-state index contributed by atoms with van der Waals surface area (Å²) in [5.74, 6) is 1.07. The fourth-order valence-electron chi connectivity index (χ4n) is 1.53. The van der Waals surface area contributed by atoms with E-state index in [2.05, 4.69) is 44.1 Å². The van der Waals surface area contributed by atoms with Crippen LogP contribution in [0.25, 0.3) is 0 Å². The third-order valence-corrected chi connectivity index (χ3v) is 3.76. The molecule has 0 aliphatic heterocycles. The molecule has 1 aromatic rings. The number of nitrogens with one attached hydrogen (secondary N) is 1. The standard InChI is InChI=1S/C14H24N2S/c1-5-9-15-12(14(2,3)4)11-17-13-8-6-7-10-16-13/h6-8,10,12,15H,5,9,11H2,1-4H3. The van der Waals surface area contributed by atoms with Crippen LogP contribution < -0.4 is 5.32 Å². The van der Waals surface area contributed by atoms with Crippen molar-refractivity contribution in [2.24, 2.45) is 5.41 Å². The Morgan fingerprint density at radius 3 is 2.65 bits per heavy atom. The van der Waals surface area contributed by atoms with E-state index in [1.807, 2.05) is 30.1 Å². The van der Waals surface area contributed by atoms with E-state index < -0.39 is 0 Å². The fraction of sp³-hybridized carbons (Fsp3) is 0.643. The highest BCUT2D eigenvalue weighted by Gasteiger charge is 2.23. The second-order valence-corrected chi connectivity index (χ2v) is 6.39. The average Bonchev–Trinajstić information content (AvgIpc) is 2.29. The van der Waals surface area contributed by atoms with Crippen LogP contribution in [0.15, 0.2) is 29.4 Å². The molecule has 1 rings (SSSR count). The predicted molar refractivity (Wildman–Crippen MR) is 76.5 cm³/mol. The van der Waals surface area contributed by atoms with Crippen LogP contribution in [-0.4, -0.2) is 23.3 Å². The number of aromatic nitrogens is 1. The highest BCUT2D eigenvalue weighted by molar-refractivity contribution is 7.99. The summed E-state index contributed by atoms with van der Waals surface area (Å²) in [7, 11) is 0. The lowest BCUT2D eigenvalue weighted by Crippen LogP contribution is -2.42. The van der Waals surface area contributed by atoms with Gasteiger partial charge in [0.1, 0.15) is 0 Å². The third kappa shape index (κ3) is 5.55. The van der Waals surface area contributed by atoms with Crippen molar-refractivity contribution < 1.29 is 0 Å². The minimum absolute atomic E-state index is 0.289. The van der Waals surface area contributed by atoms with Gasteiger partial charge in [-0.25, -0.2) is 4.98 Å². The molecule has 0 amide bonds. The van der Waals surface area contributed by atoms with Crippen LogP contribution in [0.3, 0.4) is 0 Å². The molecule has 1 unspecified atom stereocenters. The van der Waals surface area contributed by atoms with Crippen molar-refractivity contribution in [3.63, 3.8) is 0 Å². The summed E-state index contributed by atoms with van der Waals surface area (Å²) in [6.07, 6.45) is 3.04. The maximum absolute atomic E-state index is 4.35. The van der Waals surface area contributed by atoms with Crippen molar-refractivity contribution in [2.75, 3.05) is 12.3 Å². The first-order valence-corrected chi connectivity index (χ1v) is 7.30. The van der Waals surface area contributed by atoms with Crippen molar-refractivity contribution in [1.29, 1.82) is 0 Å². The lowest BCUT2D eigenvalue weighted by molar-refractivity contribution is 0.292. The smallest absolute Gasteiger partial charge is 0.0960 e. The summed E-state index contributed by atoms with van der Waals surface area (Å²) in [5, 5.41) is 4.74. The van der Waals surface area contributed by atoms with Gasteiger partial charge in [-0.1, -0.05) is 33.8 Å². The van der Waals surface area contributed by atoms with E-state index in [-0.39, 0.29) is 5.41 Å². The van der Waals surface area contributed by atoms with Crippen molar-refractivity contribution in [1.82, 2.24) is 10.3 Å². The van der Waals surface area contributed by atoms with Crippen molar-refractivity contribution in [3.8, 4) is 0 Å². The van der Waals surface area contributed by atoms with E-state index in [0.717, 1.165) is 17.3 Å². The van der Waals surface area contributed by atoms with Gasteiger partial charge in [-0.05, 0) is 30.5 Å². The molecule has 0 aromatic carbocycles. The van der Waals surface area contributed by atoms with Gasteiger partial charge >= 0.3 is 0 Å². The molecule has 0 saturated carbocycles. The van der Waals surface area contributed by atoms with Gasteiger partial charge in [0.05, 0.1) is 5.03 Å². The molecule has 0 bridgehead atoms. The third-order valence-electron chi connectivity index (χ3n) is 2.72. The monoisotopic (exact) mass is 252 g/mol. The zero-order chi connectivity index (χ0) is 12.7. The lowest BCUT2D eigenvalue weighted by atomic mass is 9.88. The summed E-state index contributed by atoms with van der Waals surface area (Å²) in [5.41, 5.74) is 0.289. The number of hydrogen-bond donors (Lipinski definition) is 1. The molecule has 0 saturated heterocycles. The van der Waals surface area contributed by atoms with Crippen LogP contribution >= 0.6 is 11.8 Å². The van der Waals surface area contributed by atoms with E-state index in [1.165, 1.54) is 6.42 Å². The minimum Gasteiger partial charge on any atom is -0.313 e. The highest BCUT2D eigenvalue weighted by atomic mass is 32.2. The minimum atomic E-state index is 0.289. The first-order valence-electron chi connectivity index (χ1n) is 6.31. The number of rotatable bonds is 6. The normalized spacial score (nSPS) is 13.6. The number of nitrogens with zero attached hydrogens (tertiary/aromatic N) is 1. The number of thioether (sulfide) groups is 1. The molecule has 1 aromatic heterocycles. The van der Waals surface area contributed by atoms with Crippen LogP contribution in [0.2, 0.25) is 0 Å². The Kier molecular flexibility index (Phi) is 6.00. The van der Waals surface area contributed by atoms with Gasteiger partial charge in [-0.2, -0.15) is 0 Å². The van der Waals surface area contributed by atoms with Gasteiger partial charge < -0.3 is 5.32 Å². The first kappa shape index (κ1) is 14.5. The summed E-state index contributed by atoms with van der Waals surface area (Å²) in [6.45, 7) is 10.2. The average molecular weight is 252 g/mol. The fourth-order valence-corrected chi connectivity index (χ4v) is 2.80. The molecular formula is C14H24N2S. The van der Waals surface area contributed by atoms with Gasteiger partial charge in [0.2, 0.25) is 0 Å². The molecule has 3 heteroatoms. The number of pyridine rings is 1. The quantitative estimate of drug-likeness (QED) is 0.783. The number of hydrogen-bond acceptors (Lipinski definition) is 3. The molecule has 17 heavy (non-hydrogen) atoms. The molecule has 1 atom stereocenters. The summed E-state index contributed by atoms with van der Waals surface area (Å²) < 4.78 is 0. The Morgan fingerprint density at radius 1 is 1.35 bits per heavy atom. The Labute approximate surface area is 110 Å². The molecule has 2 nitrogen and oxygen atoms in total. The largest absolute Gasteiger partial charge is 0.313 e. The van der Waals surface area contributed by atoms with Gasteiger partial charge in [0.15, 0.2) is 0 Å².